The van der Waals surface area contributed by atoms with Crippen LogP contribution in [0, 0.1) is 0 Å². The number of nitrogens with one attached hydrogen (secondary N) is 2. The number of benzene rings is 1. The molecule has 0 unspecified atom stereocenters. The number of hydrogen-bond donors (Lipinski definition) is 2. The first kappa shape index (κ1) is 19.5. The fourth-order valence-corrected chi connectivity index (χ4v) is 3.62. The van der Waals surface area contributed by atoms with Crippen molar-refractivity contribution in [1.29, 1.82) is 0 Å². The lowest BCUT2D eigenvalue weighted by atomic mass is 10.1. The molecule has 3 rings (SSSR count). The summed E-state index contributed by atoms with van der Waals surface area (Å²) in [5, 5.41) is 5.36. The Labute approximate surface area is 160 Å². The molecule has 2 aliphatic carbocycles. The third-order valence-corrected chi connectivity index (χ3v) is 5.21. The lowest BCUT2D eigenvalue weighted by Gasteiger charge is -2.23. The molecule has 2 saturated carbocycles. The number of nitrogens with zero attached hydrogens (tertiary/aromatic N) is 1. The molecule has 2 aliphatic rings. The number of hydrogen-bond acceptors (Lipinski definition) is 5. The van der Waals surface area contributed by atoms with E-state index in [4.69, 9.17) is 9.47 Å². The first-order valence-electron chi connectivity index (χ1n) is 9.64. The van der Waals surface area contributed by atoms with E-state index < -0.39 is 0 Å². The quantitative estimate of drug-likeness (QED) is 0.730. The predicted octanol–water partition coefficient (Wildman–Crippen LogP) is 2.44. The second-order valence-electron chi connectivity index (χ2n) is 7.32. The van der Waals surface area contributed by atoms with Gasteiger partial charge in [-0.3, -0.25) is 15.0 Å². The summed E-state index contributed by atoms with van der Waals surface area (Å²) in [5.74, 6) is 1.24. The van der Waals surface area contributed by atoms with Crippen molar-refractivity contribution in [1.82, 2.24) is 15.5 Å². The Bertz CT molecular complexity index is 669. The van der Waals surface area contributed by atoms with Gasteiger partial charge in [-0.2, -0.15) is 0 Å². The van der Waals surface area contributed by atoms with Gasteiger partial charge in [0.1, 0.15) is 11.5 Å². The van der Waals surface area contributed by atoms with Gasteiger partial charge in [-0.05, 0) is 43.9 Å². The lowest BCUT2D eigenvalue weighted by Crippen LogP contribution is -2.47. The fourth-order valence-electron chi connectivity index (χ4n) is 3.62. The van der Waals surface area contributed by atoms with Gasteiger partial charge in [0.2, 0.25) is 5.91 Å². The Balaban J connectivity index is 1.57. The van der Waals surface area contributed by atoms with Crippen LogP contribution >= 0.6 is 0 Å². The molecule has 0 spiro atoms. The van der Waals surface area contributed by atoms with E-state index in [-0.39, 0.29) is 24.5 Å². The maximum atomic E-state index is 12.4. The molecule has 0 atom stereocenters. The average molecular weight is 375 g/mol. The monoisotopic (exact) mass is 375 g/mol. The number of carbonyl (C=O) groups is 2. The zero-order valence-electron chi connectivity index (χ0n) is 16.1. The van der Waals surface area contributed by atoms with Gasteiger partial charge in [0.05, 0.1) is 20.8 Å². The van der Waals surface area contributed by atoms with Gasteiger partial charge in [0, 0.05) is 24.2 Å². The highest BCUT2D eigenvalue weighted by Gasteiger charge is 2.31. The topological polar surface area (TPSA) is 79.9 Å². The van der Waals surface area contributed by atoms with Crippen LogP contribution in [0.4, 0.5) is 4.79 Å². The van der Waals surface area contributed by atoms with E-state index in [1.807, 2.05) is 18.2 Å². The van der Waals surface area contributed by atoms with E-state index in [9.17, 15) is 9.59 Å². The second-order valence-corrected chi connectivity index (χ2v) is 7.32. The summed E-state index contributed by atoms with van der Waals surface area (Å²) in [4.78, 5) is 26.5. The number of ether oxygens (including phenoxy) is 2. The van der Waals surface area contributed by atoms with Gasteiger partial charge < -0.3 is 14.8 Å². The van der Waals surface area contributed by atoms with Crippen molar-refractivity contribution < 1.29 is 19.1 Å². The third-order valence-electron chi connectivity index (χ3n) is 5.21. The molecule has 0 aromatic heterocycles. The highest BCUT2D eigenvalue weighted by molar-refractivity contribution is 5.95. The number of rotatable bonds is 8. The van der Waals surface area contributed by atoms with Crippen molar-refractivity contribution in [3.8, 4) is 11.5 Å². The average Bonchev–Trinajstić information content (AvgIpc) is 3.38. The van der Waals surface area contributed by atoms with Crippen LogP contribution in [0.15, 0.2) is 18.2 Å². The van der Waals surface area contributed by atoms with Gasteiger partial charge in [0.25, 0.3) is 0 Å². The molecule has 0 radical (unpaired) electrons. The third kappa shape index (κ3) is 5.60. The fraction of sp³-hybridized carbons (Fsp3) is 0.600. The smallest absolute Gasteiger partial charge is 0.321 e. The maximum absolute atomic E-state index is 12.4. The molecule has 0 heterocycles. The molecule has 1 aromatic carbocycles. The second kappa shape index (κ2) is 9.08. The van der Waals surface area contributed by atoms with Crippen molar-refractivity contribution in [3.05, 3.63) is 23.8 Å². The van der Waals surface area contributed by atoms with Crippen molar-refractivity contribution in [2.75, 3.05) is 20.8 Å². The number of amides is 3. The molecule has 148 valence electrons. The van der Waals surface area contributed by atoms with Crippen LogP contribution in [0.25, 0.3) is 0 Å². The normalized spacial score (nSPS) is 17.0. The first-order chi connectivity index (χ1) is 13.1. The molecule has 0 saturated heterocycles. The summed E-state index contributed by atoms with van der Waals surface area (Å²) in [5.41, 5.74) is 0.965. The molecular formula is C20H29N3O4. The SMILES string of the molecule is COc1ccc(OC)c(CN(CC(=O)NC(=O)NC2CCCC2)C2CC2)c1. The number of imide groups is 1. The molecule has 27 heavy (non-hydrogen) atoms. The minimum absolute atomic E-state index is 0.184. The Kier molecular flexibility index (Phi) is 6.55. The largest absolute Gasteiger partial charge is 0.497 e. The number of carbonyl (C=O) groups excluding carboxylic acids is 2. The Hall–Kier alpha value is -2.28. The van der Waals surface area contributed by atoms with Crippen LogP contribution in [0.5, 0.6) is 11.5 Å². The van der Waals surface area contributed by atoms with Gasteiger partial charge >= 0.3 is 6.03 Å². The number of urea groups is 1. The van der Waals surface area contributed by atoms with Crippen molar-refractivity contribution >= 4 is 11.9 Å². The summed E-state index contributed by atoms with van der Waals surface area (Å²) >= 11 is 0. The maximum Gasteiger partial charge on any atom is 0.321 e. The minimum Gasteiger partial charge on any atom is -0.497 e. The summed E-state index contributed by atoms with van der Waals surface area (Å²) in [6.45, 7) is 0.756. The van der Waals surface area contributed by atoms with E-state index in [2.05, 4.69) is 15.5 Å². The molecular weight excluding hydrogens is 346 g/mol. The predicted molar refractivity (Wildman–Crippen MR) is 102 cm³/mol. The summed E-state index contributed by atoms with van der Waals surface area (Å²) in [6, 6.07) is 5.82. The molecule has 2 fully saturated rings. The van der Waals surface area contributed by atoms with E-state index in [1.165, 1.54) is 0 Å². The molecule has 7 nitrogen and oxygen atoms in total. The van der Waals surface area contributed by atoms with Crippen LogP contribution in [0.1, 0.15) is 44.1 Å². The van der Waals surface area contributed by atoms with Crippen LogP contribution in [-0.2, 0) is 11.3 Å². The summed E-state index contributed by atoms with van der Waals surface area (Å²) in [6.07, 6.45) is 6.38. The summed E-state index contributed by atoms with van der Waals surface area (Å²) in [7, 11) is 3.26. The van der Waals surface area contributed by atoms with Gasteiger partial charge in [-0.1, -0.05) is 12.8 Å². The van der Waals surface area contributed by atoms with Crippen LogP contribution in [0.3, 0.4) is 0 Å². The molecule has 3 amide bonds. The molecule has 0 bridgehead atoms. The van der Waals surface area contributed by atoms with E-state index in [0.717, 1.165) is 55.6 Å². The molecule has 2 N–H and O–H groups in total. The Morgan fingerprint density at radius 2 is 1.85 bits per heavy atom. The van der Waals surface area contributed by atoms with Crippen molar-refractivity contribution in [2.45, 2.75) is 57.2 Å². The Morgan fingerprint density at radius 1 is 1.11 bits per heavy atom. The zero-order valence-corrected chi connectivity index (χ0v) is 16.1. The van der Waals surface area contributed by atoms with Crippen molar-refractivity contribution in [3.63, 3.8) is 0 Å². The van der Waals surface area contributed by atoms with Gasteiger partial charge in [0.15, 0.2) is 0 Å². The molecule has 0 aliphatic heterocycles. The van der Waals surface area contributed by atoms with Gasteiger partial charge in [-0.15, -0.1) is 0 Å². The highest BCUT2D eigenvalue weighted by atomic mass is 16.5. The van der Waals surface area contributed by atoms with Crippen LogP contribution < -0.4 is 20.1 Å². The van der Waals surface area contributed by atoms with E-state index in [0.29, 0.717) is 12.6 Å². The van der Waals surface area contributed by atoms with E-state index >= 15 is 0 Å². The standard InChI is InChI=1S/C20H29N3O4/c1-26-17-9-10-18(27-2)14(11-17)12-23(16-7-8-16)13-19(24)22-20(25)21-15-5-3-4-6-15/h9-11,15-16H,3-8,12-13H2,1-2H3,(H2,21,22,24,25). The highest BCUT2D eigenvalue weighted by Crippen LogP contribution is 2.31. The Morgan fingerprint density at radius 3 is 2.48 bits per heavy atom. The van der Waals surface area contributed by atoms with Crippen LogP contribution in [0.2, 0.25) is 0 Å². The molecule has 1 aromatic rings. The zero-order chi connectivity index (χ0) is 19.2. The van der Waals surface area contributed by atoms with Gasteiger partial charge in [-0.25, -0.2) is 4.79 Å². The molecule has 7 heteroatoms. The number of methoxy groups -OCH3 is 2. The first-order valence-corrected chi connectivity index (χ1v) is 9.64. The van der Waals surface area contributed by atoms with Crippen molar-refractivity contribution in [2.24, 2.45) is 0 Å². The minimum atomic E-state index is -0.387. The summed E-state index contributed by atoms with van der Waals surface area (Å²) < 4.78 is 10.7. The van der Waals surface area contributed by atoms with Crippen LogP contribution in [-0.4, -0.2) is 49.7 Å². The van der Waals surface area contributed by atoms with E-state index in [1.54, 1.807) is 14.2 Å². The lowest BCUT2D eigenvalue weighted by molar-refractivity contribution is -0.121.